The first-order valence-corrected chi connectivity index (χ1v) is 8.92. The number of likely N-dealkylation sites (N-methyl/N-ethyl adjacent to an activating group) is 1. The Balaban J connectivity index is 2.15. The third kappa shape index (κ3) is 3.57. The molecule has 0 bridgehead atoms. The van der Waals surface area contributed by atoms with E-state index in [-0.39, 0.29) is 5.60 Å². The maximum absolute atomic E-state index is 6.42. The van der Waals surface area contributed by atoms with Crippen molar-refractivity contribution in [3.63, 3.8) is 0 Å². The predicted molar refractivity (Wildman–Crippen MR) is 86.0 cm³/mol. The third-order valence-electron chi connectivity index (χ3n) is 5.75. The second-order valence-corrected chi connectivity index (χ2v) is 7.50. The van der Waals surface area contributed by atoms with E-state index >= 15 is 0 Å². The van der Waals surface area contributed by atoms with Gasteiger partial charge in [-0.15, -0.1) is 0 Å². The van der Waals surface area contributed by atoms with Gasteiger partial charge < -0.3 is 10.1 Å². The summed E-state index contributed by atoms with van der Waals surface area (Å²) in [5, 5.41) is 3.68. The van der Waals surface area contributed by atoms with Crippen molar-refractivity contribution < 1.29 is 4.74 Å². The largest absolute Gasteiger partial charge is 0.374 e. The first-order valence-electron chi connectivity index (χ1n) is 8.92. The molecular weight excluding hydrogens is 246 g/mol. The summed E-state index contributed by atoms with van der Waals surface area (Å²) in [5.41, 5.74) is 0.100. The zero-order chi connectivity index (χ0) is 14.6. The molecule has 118 valence electrons. The fourth-order valence-corrected chi connectivity index (χ4v) is 5.05. The number of hydrogen-bond acceptors (Lipinski definition) is 2. The van der Waals surface area contributed by atoms with Gasteiger partial charge in [0.05, 0.1) is 5.60 Å². The van der Waals surface area contributed by atoms with Gasteiger partial charge in [0, 0.05) is 12.6 Å². The summed E-state index contributed by atoms with van der Waals surface area (Å²) in [7, 11) is 2.16. The average Bonchev–Trinajstić information content (AvgIpc) is 2.39. The molecule has 2 saturated carbocycles. The summed E-state index contributed by atoms with van der Waals surface area (Å²) in [6.45, 7) is 7.85. The molecule has 2 aliphatic carbocycles. The van der Waals surface area contributed by atoms with Crippen LogP contribution in [0.2, 0.25) is 0 Å². The Labute approximate surface area is 126 Å². The molecule has 2 rings (SSSR count). The van der Waals surface area contributed by atoms with Crippen LogP contribution in [0.5, 0.6) is 0 Å². The van der Waals surface area contributed by atoms with E-state index in [4.69, 9.17) is 4.74 Å². The van der Waals surface area contributed by atoms with E-state index < -0.39 is 0 Å². The number of rotatable bonds is 5. The summed E-state index contributed by atoms with van der Waals surface area (Å²) >= 11 is 0. The van der Waals surface area contributed by atoms with Crippen molar-refractivity contribution in [3.05, 3.63) is 0 Å². The van der Waals surface area contributed by atoms with Crippen LogP contribution in [0.25, 0.3) is 0 Å². The van der Waals surface area contributed by atoms with Gasteiger partial charge in [-0.3, -0.25) is 0 Å². The van der Waals surface area contributed by atoms with Gasteiger partial charge in [0.1, 0.15) is 0 Å². The maximum Gasteiger partial charge on any atom is 0.0839 e. The van der Waals surface area contributed by atoms with Gasteiger partial charge in [-0.25, -0.2) is 0 Å². The van der Waals surface area contributed by atoms with Crippen molar-refractivity contribution in [2.24, 2.45) is 17.8 Å². The zero-order valence-corrected chi connectivity index (χ0v) is 14.1. The number of ether oxygens (including phenoxy) is 1. The van der Waals surface area contributed by atoms with Crippen LogP contribution >= 0.6 is 0 Å². The first-order chi connectivity index (χ1) is 9.61. The van der Waals surface area contributed by atoms with Gasteiger partial charge >= 0.3 is 0 Å². The van der Waals surface area contributed by atoms with Gasteiger partial charge in [-0.2, -0.15) is 0 Å². The smallest absolute Gasteiger partial charge is 0.0839 e. The molecule has 0 spiro atoms. The van der Waals surface area contributed by atoms with Crippen LogP contribution in [0.1, 0.15) is 72.1 Å². The maximum atomic E-state index is 6.42. The van der Waals surface area contributed by atoms with Gasteiger partial charge in [-0.1, -0.05) is 39.5 Å². The Morgan fingerprint density at radius 3 is 2.50 bits per heavy atom. The fourth-order valence-electron chi connectivity index (χ4n) is 5.05. The van der Waals surface area contributed by atoms with Crippen molar-refractivity contribution in [3.8, 4) is 0 Å². The van der Waals surface area contributed by atoms with Crippen LogP contribution in [0.4, 0.5) is 0 Å². The van der Waals surface area contributed by atoms with Gasteiger partial charge in [0.25, 0.3) is 0 Å². The Hall–Kier alpha value is -0.0800. The quantitative estimate of drug-likeness (QED) is 0.807. The minimum atomic E-state index is 0.100. The monoisotopic (exact) mass is 281 g/mol. The fraction of sp³-hybridized carbons (Fsp3) is 1.00. The highest BCUT2D eigenvalue weighted by atomic mass is 16.5. The minimum absolute atomic E-state index is 0.100. The Kier molecular flexibility index (Phi) is 5.92. The molecule has 0 aliphatic heterocycles. The van der Waals surface area contributed by atoms with E-state index in [0.29, 0.717) is 6.04 Å². The highest BCUT2D eigenvalue weighted by Gasteiger charge is 2.45. The molecule has 5 unspecified atom stereocenters. The average molecular weight is 281 g/mol. The molecule has 1 N–H and O–H groups in total. The lowest BCUT2D eigenvalue weighted by molar-refractivity contribution is -0.115. The summed E-state index contributed by atoms with van der Waals surface area (Å²) in [4.78, 5) is 0. The van der Waals surface area contributed by atoms with E-state index in [1.165, 1.54) is 51.4 Å². The van der Waals surface area contributed by atoms with Gasteiger partial charge in [-0.05, 0) is 57.4 Å². The van der Waals surface area contributed by atoms with E-state index in [0.717, 1.165) is 24.4 Å². The Bertz CT molecular complexity index is 289. The van der Waals surface area contributed by atoms with Crippen molar-refractivity contribution in [1.29, 1.82) is 0 Å². The standard InChI is InChI=1S/C18H35NO/c1-5-20-18(11-7-9-15(3)13-18)17(19-4)16-10-6-8-14(2)12-16/h14-17,19H,5-13H2,1-4H3. The molecule has 2 aliphatic rings. The molecule has 0 aromatic heterocycles. The summed E-state index contributed by atoms with van der Waals surface area (Å²) in [5.74, 6) is 2.51. The first kappa shape index (κ1) is 16.3. The SMILES string of the molecule is CCOC1(C(NC)C2CCCC(C)C2)CCCC(C)C1. The van der Waals surface area contributed by atoms with Gasteiger partial charge in [0.2, 0.25) is 0 Å². The molecule has 0 aromatic carbocycles. The number of hydrogen-bond donors (Lipinski definition) is 1. The summed E-state index contributed by atoms with van der Waals surface area (Å²) < 4.78 is 6.42. The van der Waals surface area contributed by atoms with Crippen molar-refractivity contribution >= 4 is 0 Å². The normalized spacial score (nSPS) is 40.5. The van der Waals surface area contributed by atoms with Crippen LogP contribution in [0.15, 0.2) is 0 Å². The van der Waals surface area contributed by atoms with E-state index in [1.54, 1.807) is 0 Å². The highest BCUT2D eigenvalue weighted by molar-refractivity contribution is 5.00. The number of nitrogens with one attached hydrogen (secondary N) is 1. The van der Waals surface area contributed by atoms with Crippen molar-refractivity contribution in [1.82, 2.24) is 5.32 Å². The lowest BCUT2D eigenvalue weighted by Crippen LogP contribution is -2.57. The lowest BCUT2D eigenvalue weighted by Gasteiger charge is -2.49. The van der Waals surface area contributed by atoms with Crippen LogP contribution in [-0.2, 0) is 4.74 Å². The minimum Gasteiger partial charge on any atom is -0.374 e. The van der Waals surface area contributed by atoms with Crippen molar-refractivity contribution in [2.45, 2.75) is 83.8 Å². The highest BCUT2D eigenvalue weighted by Crippen LogP contribution is 2.43. The molecule has 2 heteroatoms. The Morgan fingerprint density at radius 2 is 1.90 bits per heavy atom. The van der Waals surface area contributed by atoms with E-state index in [2.05, 4.69) is 33.1 Å². The third-order valence-corrected chi connectivity index (χ3v) is 5.75. The lowest BCUT2D eigenvalue weighted by atomic mass is 9.67. The molecule has 5 atom stereocenters. The van der Waals surface area contributed by atoms with Crippen LogP contribution in [0, 0.1) is 17.8 Å². The second-order valence-electron chi connectivity index (χ2n) is 7.50. The van der Waals surface area contributed by atoms with E-state index in [9.17, 15) is 0 Å². The van der Waals surface area contributed by atoms with Crippen LogP contribution < -0.4 is 5.32 Å². The molecular formula is C18H35NO. The molecule has 2 nitrogen and oxygen atoms in total. The van der Waals surface area contributed by atoms with Gasteiger partial charge in [0.15, 0.2) is 0 Å². The molecule has 2 fully saturated rings. The molecule has 0 aromatic rings. The predicted octanol–water partition coefficient (Wildman–Crippen LogP) is 4.39. The van der Waals surface area contributed by atoms with Crippen molar-refractivity contribution in [2.75, 3.05) is 13.7 Å². The molecule has 0 amide bonds. The zero-order valence-electron chi connectivity index (χ0n) is 14.1. The molecule has 20 heavy (non-hydrogen) atoms. The topological polar surface area (TPSA) is 21.3 Å². The Morgan fingerprint density at radius 1 is 1.15 bits per heavy atom. The van der Waals surface area contributed by atoms with E-state index in [1.807, 2.05) is 0 Å². The molecule has 0 saturated heterocycles. The summed E-state index contributed by atoms with van der Waals surface area (Å²) in [6.07, 6.45) is 10.8. The van der Waals surface area contributed by atoms with Crippen LogP contribution in [-0.4, -0.2) is 25.3 Å². The second kappa shape index (κ2) is 7.26. The molecule has 0 radical (unpaired) electrons. The summed E-state index contributed by atoms with van der Waals surface area (Å²) in [6, 6.07) is 0.549. The molecule has 0 heterocycles. The van der Waals surface area contributed by atoms with Crippen LogP contribution in [0.3, 0.4) is 0 Å².